The van der Waals surface area contributed by atoms with E-state index in [2.05, 4.69) is 9.72 Å². The summed E-state index contributed by atoms with van der Waals surface area (Å²) >= 11 is 6.08. The number of aromatic nitrogens is 2. The molecule has 0 aliphatic carbocycles. The number of benzene rings is 1. The molecule has 3 heterocycles. The normalized spacial score (nSPS) is 15.8. The van der Waals surface area contributed by atoms with E-state index in [4.69, 9.17) is 16.1 Å². The van der Waals surface area contributed by atoms with Gasteiger partial charge in [-0.2, -0.15) is 4.31 Å². The average Bonchev–Trinajstić information content (AvgIpc) is 3.09. The van der Waals surface area contributed by atoms with Crippen LogP contribution in [0.5, 0.6) is 0 Å². The Bertz CT molecular complexity index is 1020. The van der Waals surface area contributed by atoms with Crippen molar-refractivity contribution >= 4 is 32.5 Å². The van der Waals surface area contributed by atoms with Gasteiger partial charge in [0.25, 0.3) is 0 Å². The molecule has 4 rings (SSSR count). The minimum absolute atomic E-state index is 0.167. The van der Waals surface area contributed by atoms with Crippen LogP contribution in [-0.2, 0) is 28.9 Å². The van der Waals surface area contributed by atoms with Gasteiger partial charge in [0.05, 0.1) is 12.2 Å². The Balaban J connectivity index is 1.62. The predicted octanol–water partition coefficient (Wildman–Crippen LogP) is 2.94. The van der Waals surface area contributed by atoms with Crippen LogP contribution in [0.4, 0.5) is 0 Å². The molecule has 0 N–H and O–H groups in total. The van der Waals surface area contributed by atoms with E-state index in [0.717, 1.165) is 16.6 Å². The van der Waals surface area contributed by atoms with Crippen molar-refractivity contribution in [1.82, 2.24) is 14.0 Å². The van der Waals surface area contributed by atoms with Crippen LogP contribution in [0.3, 0.4) is 0 Å². The first-order chi connectivity index (χ1) is 11.4. The van der Waals surface area contributed by atoms with Crippen LogP contribution >= 0.6 is 11.6 Å². The standard InChI is InChI=1S/C16H16ClN3O3S/c1-11-6-15(23-18-11)10-24(21,22)19-4-5-20-14(9-19)7-12-2-3-13(17)8-16(12)20/h2-3,6-8H,4-5,9-10H2,1H3. The van der Waals surface area contributed by atoms with Crippen molar-refractivity contribution in [3.05, 3.63) is 52.5 Å². The van der Waals surface area contributed by atoms with Crippen LogP contribution in [0.1, 0.15) is 17.1 Å². The summed E-state index contributed by atoms with van der Waals surface area (Å²) in [5.41, 5.74) is 2.69. The number of rotatable bonds is 3. The fourth-order valence-corrected chi connectivity index (χ4v) is 4.68. The summed E-state index contributed by atoms with van der Waals surface area (Å²) in [4.78, 5) is 0. The van der Waals surface area contributed by atoms with Crippen LogP contribution < -0.4 is 0 Å². The summed E-state index contributed by atoms with van der Waals surface area (Å²) in [7, 11) is -3.45. The van der Waals surface area contributed by atoms with Crippen LogP contribution in [0.2, 0.25) is 5.02 Å². The lowest BCUT2D eigenvalue weighted by atomic mass is 10.2. The summed E-state index contributed by atoms with van der Waals surface area (Å²) in [6.45, 7) is 3.15. The van der Waals surface area contributed by atoms with Gasteiger partial charge in [0.1, 0.15) is 5.75 Å². The first kappa shape index (κ1) is 15.7. The third-order valence-corrected chi connectivity index (χ3v) is 6.24. The molecule has 126 valence electrons. The second-order valence-corrected chi connectivity index (χ2v) is 8.42. The van der Waals surface area contributed by atoms with Gasteiger partial charge in [-0.05, 0) is 25.1 Å². The second kappa shape index (κ2) is 5.61. The Morgan fingerprint density at radius 2 is 2.08 bits per heavy atom. The zero-order chi connectivity index (χ0) is 16.9. The van der Waals surface area contributed by atoms with Gasteiger partial charge in [-0.1, -0.05) is 22.8 Å². The molecule has 6 nitrogen and oxygen atoms in total. The van der Waals surface area contributed by atoms with Gasteiger partial charge in [0, 0.05) is 40.8 Å². The van der Waals surface area contributed by atoms with Crippen molar-refractivity contribution < 1.29 is 12.9 Å². The number of hydrogen-bond acceptors (Lipinski definition) is 4. The molecule has 2 aromatic heterocycles. The van der Waals surface area contributed by atoms with E-state index < -0.39 is 10.0 Å². The highest BCUT2D eigenvalue weighted by Gasteiger charge is 2.29. The molecule has 0 spiro atoms. The highest BCUT2D eigenvalue weighted by Crippen LogP contribution is 2.28. The van der Waals surface area contributed by atoms with Gasteiger partial charge >= 0.3 is 0 Å². The summed E-state index contributed by atoms with van der Waals surface area (Å²) < 4.78 is 34.0. The van der Waals surface area contributed by atoms with E-state index in [0.29, 0.717) is 36.1 Å². The van der Waals surface area contributed by atoms with Crippen molar-refractivity contribution in [2.24, 2.45) is 0 Å². The van der Waals surface area contributed by atoms with Gasteiger partial charge in [0.15, 0.2) is 5.76 Å². The SMILES string of the molecule is Cc1cc(CS(=O)(=O)N2CCn3c(cc4ccc(Cl)cc43)C2)on1. The molecular formula is C16H16ClN3O3S. The van der Waals surface area contributed by atoms with Gasteiger partial charge in [-0.15, -0.1) is 0 Å². The van der Waals surface area contributed by atoms with E-state index in [1.54, 1.807) is 13.0 Å². The predicted molar refractivity (Wildman–Crippen MR) is 91.2 cm³/mol. The molecule has 0 bridgehead atoms. The molecule has 0 amide bonds. The highest BCUT2D eigenvalue weighted by atomic mass is 35.5. The largest absolute Gasteiger partial charge is 0.360 e. The number of hydrogen-bond donors (Lipinski definition) is 0. The quantitative estimate of drug-likeness (QED) is 0.715. The fraction of sp³-hybridized carbons (Fsp3) is 0.312. The van der Waals surface area contributed by atoms with Crippen LogP contribution in [0.25, 0.3) is 10.9 Å². The van der Waals surface area contributed by atoms with Gasteiger partial charge in [-0.3, -0.25) is 0 Å². The van der Waals surface area contributed by atoms with E-state index in [1.807, 2.05) is 24.3 Å². The molecule has 3 aromatic rings. The number of halogens is 1. The Hall–Kier alpha value is -1.83. The molecule has 8 heteroatoms. The van der Waals surface area contributed by atoms with E-state index >= 15 is 0 Å². The third-order valence-electron chi connectivity index (χ3n) is 4.26. The first-order valence-corrected chi connectivity index (χ1v) is 9.59. The number of fused-ring (bicyclic) bond motifs is 3. The Kier molecular flexibility index (Phi) is 3.67. The molecule has 0 radical (unpaired) electrons. The fourth-order valence-electron chi connectivity index (χ4n) is 3.14. The summed E-state index contributed by atoms with van der Waals surface area (Å²) in [5, 5.41) is 5.49. The average molecular weight is 366 g/mol. The molecule has 0 saturated carbocycles. The molecule has 0 fully saturated rings. The maximum Gasteiger partial charge on any atom is 0.221 e. The third kappa shape index (κ3) is 2.72. The smallest absolute Gasteiger partial charge is 0.221 e. The number of nitrogens with zero attached hydrogens (tertiary/aromatic N) is 3. The lowest BCUT2D eigenvalue weighted by Crippen LogP contribution is -2.38. The van der Waals surface area contributed by atoms with Crippen molar-refractivity contribution in [3.8, 4) is 0 Å². The van der Waals surface area contributed by atoms with E-state index in [-0.39, 0.29) is 5.75 Å². The van der Waals surface area contributed by atoms with Crippen LogP contribution in [0.15, 0.2) is 34.9 Å². The molecule has 0 saturated heterocycles. The van der Waals surface area contributed by atoms with Gasteiger partial charge in [-0.25, -0.2) is 8.42 Å². The maximum atomic E-state index is 12.7. The Morgan fingerprint density at radius 1 is 1.25 bits per heavy atom. The molecule has 0 atom stereocenters. The number of aryl methyl sites for hydroxylation is 1. The molecule has 24 heavy (non-hydrogen) atoms. The summed E-state index contributed by atoms with van der Waals surface area (Å²) in [6.07, 6.45) is 0. The lowest BCUT2D eigenvalue weighted by Gasteiger charge is -2.28. The topological polar surface area (TPSA) is 68.3 Å². The molecular weight excluding hydrogens is 350 g/mol. The minimum atomic E-state index is -3.45. The van der Waals surface area contributed by atoms with Crippen LogP contribution in [-0.4, -0.2) is 29.0 Å². The number of sulfonamides is 1. The van der Waals surface area contributed by atoms with Crippen LogP contribution in [0, 0.1) is 6.92 Å². The minimum Gasteiger partial charge on any atom is -0.360 e. The Labute approximate surface area is 144 Å². The van der Waals surface area contributed by atoms with Gasteiger partial charge in [0.2, 0.25) is 10.0 Å². The monoisotopic (exact) mass is 365 g/mol. The Morgan fingerprint density at radius 3 is 2.83 bits per heavy atom. The lowest BCUT2D eigenvalue weighted by molar-refractivity contribution is 0.339. The van der Waals surface area contributed by atoms with Crippen molar-refractivity contribution in [2.45, 2.75) is 25.8 Å². The second-order valence-electron chi connectivity index (χ2n) is 6.01. The van der Waals surface area contributed by atoms with Crippen molar-refractivity contribution in [1.29, 1.82) is 0 Å². The molecule has 1 aliphatic heterocycles. The maximum absolute atomic E-state index is 12.7. The van der Waals surface area contributed by atoms with Crippen molar-refractivity contribution in [2.75, 3.05) is 6.54 Å². The van der Waals surface area contributed by atoms with Gasteiger partial charge < -0.3 is 9.09 Å². The first-order valence-electron chi connectivity index (χ1n) is 7.60. The van der Waals surface area contributed by atoms with E-state index in [9.17, 15) is 8.42 Å². The van der Waals surface area contributed by atoms with E-state index in [1.165, 1.54) is 4.31 Å². The zero-order valence-corrected chi connectivity index (χ0v) is 14.6. The molecule has 1 aliphatic rings. The van der Waals surface area contributed by atoms with Crippen molar-refractivity contribution in [3.63, 3.8) is 0 Å². The highest BCUT2D eigenvalue weighted by molar-refractivity contribution is 7.88. The summed E-state index contributed by atoms with van der Waals surface area (Å²) in [6, 6.07) is 9.39. The zero-order valence-electron chi connectivity index (χ0n) is 13.1. The molecule has 0 unspecified atom stereocenters. The summed E-state index contributed by atoms with van der Waals surface area (Å²) in [5.74, 6) is 0.199. The molecule has 1 aromatic carbocycles.